The number of hydrogen-bond donors (Lipinski definition) is 3. The molecule has 44 heavy (non-hydrogen) atoms. The van der Waals surface area contributed by atoms with Gasteiger partial charge in [-0.25, -0.2) is 19.4 Å². The van der Waals surface area contributed by atoms with Crippen LogP contribution < -0.4 is 16.1 Å². The summed E-state index contributed by atoms with van der Waals surface area (Å²) in [6, 6.07) is 17.6. The lowest BCUT2D eigenvalue weighted by atomic mass is 10.1. The summed E-state index contributed by atoms with van der Waals surface area (Å²) in [6.45, 7) is 1.58. The Hall–Kier alpha value is -4.29. The number of nitrogens with zero attached hydrogens (tertiary/aromatic N) is 5. The first-order valence-corrected chi connectivity index (χ1v) is 15.9. The molecule has 0 amide bonds. The summed E-state index contributed by atoms with van der Waals surface area (Å²) in [5.74, 6) is -0.417. The van der Waals surface area contributed by atoms with E-state index >= 15 is 0 Å². The summed E-state index contributed by atoms with van der Waals surface area (Å²) in [5, 5.41) is 4.71. The van der Waals surface area contributed by atoms with Crippen LogP contribution in [0.3, 0.4) is 0 Å². The van der Waals surface area contributed by atoms with E-state index in [2.05, 4.69) is 20.3 Å². The summed E-state index contributed by atoms with van der Waals surface area (Å²) in [4.78, 5) is 42.6. The van der Waals surface area contributed by atoms with E-state index < -0.39 is 19.8 Å². The molecule has 14 heteroatoms. The fourth-order valence-corrected chi connectivity index (χ4v) is 5.80. The number of nitrogens with one attached hydrogen (secondary N) is 1. The summed E-state index contributed by atoms with van der Waals surface area (Å²) in [7, 11) is -4.73. The molecule has 1 fully saturated rings. The number of carbonyl (C=O) groups excluding carboxylic acids is 1. The van der Waals surface area contributed by atoms with Gasteiger partial charge in [-0.05, 0) is 43.9 Å². The van der Waals surface area contributed by atoms with Crippen LogP contribution in [0.2, 0.25) is 0 Å². The maximum Gasteiger partial charge on any atom is 0.529 e. The molecule has 0 saturated heterocycles. The van der Waals surface area contributed by atoms with Gasteiger partial charge in [-0.3, -0.25) is 14.3 Å². The molecule has 4 atom stereocenters. The molecule has 6 rings (SSSR count). The van der Waals surface area contributed by atoms with Gasteiger partial charge in [0.1, 0.15) is 0 Å². The van der Waals surface area contributed by atoms with Crippen molar-refractivity contribution < 1.29 is 28.1 Å². The zero-order valence-electron chi connectivity index (χ0n) is 24.1. The molecular weight excluding hydrogens is 585 g/mol. The van der Waals surface area contributed by atoms with Crippen molar-refractivity contribution in [3.05, 3.63) is 84.7 Å². The van der Waals surface area contributed by atoms with Crippen LogP contribution in [0.15, 0.2) is 79.1 Å². The normalized spacial score (nSPS) is 19.9. The van der Waals surface area contributed by atoms with Crippen molar-refractivity contribution in [2.45, 2.75) is 50.9 Å². The van der Waals surface area contributed by atoms with Crippen molar-refractivity contribution in [1.82, 2.24) is 19.5 Å². The first-order valence-electron chi connectivity index (χ1n) is 14.4. The lowest BCUT2D eigenvalue weighted by molar-refractivity contribution is -0.139. The maximum absolute atomic E-state index is 13.0. The smallest absolute Gasteiger partial charge is 0.369 e. The zero-order chi connectivity index (χ0) is 30.7. The Kier molecular flexibility index (Phi) is 8.62. The Balaban J connectivity index is 1.05. The number of fused-ring (bicyclic) bond motifs is 1. The average Bonchev–Trinajstić information content (AvgIpc) is 3.53. The number of aromatic nitrogens is 4. The van der Waals surface area contributed by atoms with E-state index in [1.165, 1.54) is 12.0 Å². The summed E-state index contributed by atoms with van der Waals surface area (Å²) < 4.78 is 25.0. The molecule has 1 unspecified atom stereocenters. The third kappa shape index (κ3) is 7.08. The van der Waals surface area contributed by atoms with Crippen molar-refractivity contribution in [3.8, 4) is 0 Å². The Morgan fingerprint density at radius 2 is 1.86 bits per heavy atom. The second-order valence-electron chi connectivity index (χ2n) is 10.9. The van der Waals surface area contributed by atoms with Crippen LogP contribution in [0.4, 0.5) is 17.5 Å². The quantitative estimate of drug-likeness (QED) is 0.107. The fraction of sp³-hybridized carbons (Fsp3) is 0.333. The first-order chi connectivity index (χ1) is 21.3. The Labute approximate surface area is 254 Å². The molecule has 13 nitrogen and oxygen atoms in total. The van der Waals surface area contributed by atoms with E-state index in [0.29, 0.717) is 35.1 Å². The molecule has 4 aromatic rings. The van der Waals surface area contributed by atoms with Crippen LogP contribution in [-0.4, -0.2) is 49.1 Å². The van der Waals surface area contributed by atoms with Crippen LogP contribution in [-0.2, 0) is 29.9 Å². The van der Waals surface area contributed by atoms with Crippen molar-refractivity contribution in [2.24, 2.45) is 5.92 Å². The lowest BCUT2D eigenvalue weighted by Gasteiger charge is -2.29. The maximum atomic E-state index is 13.0. The van der Waals surface area contributed by atoms with Crippen molar-refractivity contribution >= 4 is 42.4 Å². The molecule has 2 aliphatic rings. The molecule has 2 aliphatic carbocycles. The fourth-order valence-electron chi connectivity index (χ4n) is 4.99. The predicted molar refractivity (Wildman–Crippen MR) is 164 cm³/mol. The molecule has 2 aromatic heterocycles. The van der Waals surface area contributed by atoms with Gasteiger partial charge in [-0.1, -0.05) is 60.7 Å². The molecule has 2 aromatic carbocycles. The van der Waals surface area contributed by atoms with Crippen LogP contribution in [0.1, 0.15) is 37.8 Å². The van der Waals surface area contributed by atoms with Gasteiger partial charge in [0.05, 0.1) is 31.3 Å². The summed E-state index contributed by atoms with van der Waals surface area (Å²) >= 11 is 0. The van der Waals surface area contributed by atoms with E-state index in [0.717, 1.165) is 18.4 Å². The highest BCUT2D eigenvalue weighted by Gasteiger charge is 2.34. The number of benzene rings is 2. The van der Waals surface area contributed by atoms with Gasteiger partial charge >= 0.3 is 13.8 Å². The minimum atomic E-state index is -4.73. The number of hydroxylamine groups is 1. The van der Waals surface area contributed by atoms with E-state index in [1.807, 2.05) is 53.1 Å². The van der Waals surface area contributed by atoms with Gasteiger partial charge in [-0.2, -0.15) is 9.97 Å². The highest BCUT2D eigenvalue weighted by Crippen LogP contribution is 2.45. The molecule has 0 spiro atoms. The SMILES string of the molecule is C[C@@H](C(=O)OP(=O)(O)OC[C@@H]1C=C[C@H](n2cnc3c(NC4CC4)nc(N)nc32)C1)N(OCc1ccccc1)c1ccccc1. The monoisotopic (exact) mass is 619 g/mol. The Morgan fingerprint density at radius 1 is 1.14 bits per heavy atom. The van der Waals surface area contributed by atoms with Gasteiger partial charge in [0.15, 0.2) is 23.0 Å². The average molecular weight is 620 g/mol. The Morgan fingerprint density at radius 3 is 2.59 bits per heavy atom. The number of phosphoric acid groups is 1. The minimum Gasteiger partial charge on any atom is -0.369 e. The molecule has 0 radical (unpaired) electrons. The summed E-state index contributed by atoms with van der Waals surface area (Å²) in [5.41, 5.74) is 8.69. The number of rotatable bonds is 13. The van der Waals surface area contributed by atoms with Crippen LogP contribution in [0.25, 0.3) is 11.2 Å². The second kappa shape index (κ2) is 12.7. The largest absolute Gasteiger partial charge is 0.529 e. The number of hydrogen-bond acceptors (Lipinski definition) is 11. The number of para-hydroxylation sites is 1. The first kappa shape index (κ1) is 29.8. The van der Waals surface area contributed by atoms with Gasteiger partial charge in [0.2, 0.25) is 5.95 Å². The zero-order valence-corrected chi connectivity index (χ0v) is 25.0. The minimum absolute atomic E-state index is 0.126. The molecular formula is C30H34N7O6P. The van der Waals surface area contributed by atoms with E-state index in [-0.39, 0.29) is 31.1 Å². The van der Waals surface area contributed by atoms with E-state index in [1.54, 1.807) is 30.6 Å². The van der Waals surface area contributed by atoms with Crippen molar-refractivity contribution in [1.29, 1.82) is 0 Å². The number of imidazole rings is 1. The lowest BCUT2D eigenvalue weighted by Crippen LogP contribution is -2.40. The molecule has 0 bridgehead atoms. The van der Waals surface area contributed by atoms with E-state index in [9.17, 15) is 14.3 Å². The molecule has 2 heterocycles. The van der Waals surface area contributed by atoms with Crippen molar-refractivity contribution in [2.75, 3.05) is 22.7 Å². The highest BCUT2D eigenvalue weighted by atomic mass is 31.2. The topological polar surface area (TPSA) is 167 Å². The second-order valence-corrected chi connectivity index (χ2v) is 12.3. The third-order valence-electron chi connectivity index (χ3n) is 7.44. The van der Waals surface area contributed by atoms with Gasteiger partial charge < -0.3 is 20.1 Å². The summed E-state index contributed by atoms with van der Waals surface area (Å²) in [6.07, 6.45) is 8.25. The third-order valence-corrected chi connectivity index (χ3v) is 8.32. The number of phosphoric ester groups is 1. The number of anilines is 3. The number of nitrogens with two attached hydrogens (primary N) is 1. The molecule has 230 valence electrons. The van der Waals surface area contributed by atoms with Gasteiger partial charge in [0.25, 0.3) is 0 Å². The number of nitrogen functional groups attached to an aromatic ring is 1. The van der Waals surface area contributed by atoms with Crippen LogP contribution in [0, 0.1) is 5.92 Å². The van der Waals surface area contributed by atoms with Crippen molar-refractivity contribution in [3.63, 3.8) is 0 Å². The molecule has 1 saturated carbocycles. The van der Waals surface area contributed by atoms with Crippen LogP contribution in [0.5, 0.6) is 0 Å². The van der Waals surface area contributed by atoms with Gasteiger partial charge in [-0.15, -0.1) is 0 Å². The standard InChI is InChI=1S/C30H34N7O6P/c1-20(37(24-10-6-3-7-11-24)41-17-21-8-4-2-5-9-21)29(38)43-44(39,40)42-18-22-12-15-25(16-22)36-19-32-26-27(33-23-13-14-23)34-30(31)35-28(26)36/h2-12,15,19-20,22-23,25H,13-14,16-18H2,1H3,(H,39,40)(H3,31,33,34,35)/t20-,22+,25-/m0/s1. The highest BCUT2D eigenvalue weighted by molar-refractivity contribution is 7.48. The van der Waals surface area contributed by atoms with Crippen LogP contribution >= 0.6 is 7.82 Å². The van der Waals surface area contributed by atoms with Gasteiger partial charge in [0, 0.05) is 12.0 Å². The molecule has 4 N–H and O–H groups in total. The number of carbonyl (C=O) groups is 1. The Bertz CT molecular complexity index is 1680. The van der Waals surface area contributed by atoms with E-state index in [4.69, 9.17) is 19.6 Å². The molecule has 0 aliphatic heterocycles. The number of allylic oxidation sites excluding steroid dienone is 1. The predicted octanol–water partition coefficient (Wildman–Crippen LogP) is 4.79.